The smallest absolute Gasteiger partial charge is 0.105 e. The number of fused-ring (bicyclic) bond motifs is 1. The number of rotatable bonds is 2. The molecular weight excluding hydrogens is 317 g/mol. The van der Waals surface area contributed by atoms with Crippen LogP contribution >= 0.6 is 22.6 Å². The SMILES string of the molecule is Cc1nc2ccccc2c(I)c1[C@H](O)CO. The fraction of sp³-hybridized carbons (Fsp3) is 0.250. The molecule has 0 saturated carbocycles. The first kappa shape index (κ1) is 11.8. The Bertz CT molecular complexity index is 528. The lowest BCUT2D eigenvalue weighted by Crippen LogP contribution is -2.09. The highest BCUT2D eigenvalue weighted by atomic mass is 127. The maximum absolute atomic E-state index is 9.76. The Morgan fingerprint density at radius 2 is 2.06 bits per heavy atom. The van der Waals surface area contributed by atoms with Crippen molar-refractivity contribution in [2.45, 2.75) is 13.0 Å². The molecule has 0 aliphatic rings. The summed E-state index contributed by atoms with van der Waals surface area (Å²) in [5, 5.41) is 19.8. The number of hydrogen-bond donors (Lipinski definition) is 2. The number of halogens is 1. The van der Waals surface area contributed by atoms with Gasteiger partial charge in [0.1, 0.15) is 6.10 Å². The molecule has 1 heterocycles. The van der Waals surface area contributed by atoms with Crippen LogP contribution in [0.25, 0.3) is 10.9 Å². The summed E-state index contributed by atoms with van der Waals surface area (Å²) in [5.74, 6) is 0. The van der Waals surface area contributed by atoms with Gasteiger partial charge in [-0.2, -0.15) is 0 Å². The lowest BCUT2D eigenvalue weighted by Gasteiger charge is -2.14. The molecule has 1 aromatic carbocycles. The summed E-state index contributed by atoms with van der Waals surface area (Å²) >= 11 is 2.19. The van der Waals surface area contributed by atoms with Gasteiger partial charge in [0.05, 0.1) is 12.1 Å². The Morgan fingerprint density at radius 1 is 1.38 bits per heavy atom. The van der Waals surface area contributed by atoms with Crippen molar-refractivity contribution in [3.63, 3.8) is 0 Å². The molecule has 0 saturated heterocycles. The van der Waals surface area contributed by atoms with Crippen molar-refractivity contribution in [1.82, 2.24) is 4.98 Å². The first-order valence-corrected chi connectivity index (χ1v) is 6.06. The highest BCUT2D eigenvalue weighted by Crippen LogP contribution is 2.28. The molecule has 1 atom stereocenters. The predicted molar refractivity (Wildman–Crippen MR) is 71.2 cm³/mol. The first-order chi connectivity index (χ1) is 7.65. The quantitative estimate of drug-likeness (QED) is 0.831. The second-order valence-corrected chi connectivity index (χ2v) is 4.72. The van der Waals surface area contributed by atoms with Gasteiger partial charge in [-0.15, -0.1) is 0 Å². The maximum Gasteiger partial charge on any atom is 0.105 e. The van der Waals surface area contributed by atoms with Crippen LogP contribution < -0.4 is 0 Å². The summed E-state index contributed by atoms with van der Waals surface area (Å²) in [6.07, 6.45) is -0.857. The molecule has 2 rings (SSSR count). The van der Waals surface area contributed by atoms with Crippen molar-refractivity contribution >= 4 is 33.5 Å². The molecule has 0 aliphatic heterocycles. The molecule has 84 valence electrons. The van der Waals surface area contributed by atoms with Crippen LogP contribution in [0.2, 0.25) is 0 Å². The normalized spacial score (nSPS) is 13.0. The second kappa shape index (κ2) is 4.65. The third-order valence-corrected chi connectivity index (χ3v) is 3.72. The van der Waals surface area contributed by atoms with E-state index in [0.29, 0.717) is 0 Å². The fourth-order valence-corrected chi connectivity index (χ4v) is 2.99. The summed E-state index contributed by atoms with van der Waals surface area (Å²) in [6, 6.07) is 7.79. The number of aliphatic hydroxyl groups excluding tert-OH is 2. The van der Waals surface area contributed by atoms with Gasteiger partial charge in [0, 0.05) is 20.2 Å². The van der Waals surface area contributed by atoms with Crippen molar-refractivity contribution in [3.05, 3.63) is 39.1 Å². The van der Waals surface area contributed by atoms with Crippen LogP contribution in [0.3, 0.4) is 0 Å². The number of hydrogen-bond acceptors (Lipinski definition) is 3. The Morgan fingerprint density at radius 3 is 2.75 bits per heavy atom. The van der Waals surface area contributed by atoms with E-state index in [1.165, 1.54) is 0 Å². The number of aliphatic hydroxyl groups is 2. The molecule has 2 aromatic rings. The third kappa shape index (κ3) is 1.92. The Balaban J connectivity index is 2.75. The van der Waals surface area contributed by atoms with Crippen LogP contribution in [0.1, 0.15) is 17.4 Å². The molecule has 0 unspecified atom stereocenters. The molecule has 0 radical (unpaired) electrons. The zero-order valence-corrected chi connectivity index (χ0v) is 11.0. The van der Waals surface area contributed by atoms with E-state index in [4.69, 9.17) is 5.11 Å². The van der Waals surface area contributed by atoms with E-state index < -0.39 is 6.10 Å². The van der Waals surface area contributed by atoms with Gasteiger partial charge in [-0.1, -0.05) is 18.2 Å². The average molecular weight is 329 g/mol. The number of pyridine rings is 1. The van der Waals surface area contributed by atoms with E-state index in [9.17, 15) is 5.11 Å². The van der Waals surface area contributed by atoms with Crippen LogP contribution in [0, 0.1) is 10.5 Å². The van der Waals surface area contributed by atoms with E-state index in [0.717, 1.165) is 25.7 Å². The van der Waals surface area contributed by atoms with Crippen LogP contribution in [0.4, 0.5) is 0 Å². The predicted octanol–water partition coefficient (Wildman–Crippen LogP) is 2.17. The van der Waals surface area contributed by atoms with Gasteiger partial charge in [-0.05, 0) is 35.6 Å². The lowest BCUT2D eigenvalue weighted by atomic mass is 10.1. The summed E-state index contributed by atoms with van der Waals surface area (Å²) in [5.41, 5.74) is 2.41. The van der Waals surface area contributed by atoms with E-state index in [2.05, 4.69) is 27.6 Å². The summed E-state index contributed by atoms with van der Waals surface area (Å²) in [4.78, 5) is 4.43. The van der Waals surface area contributed by atoms with Gasteiger partial charge in [0.15, 0.2) is 0 Å². The van der Waals surface area contributed by atoms with Crippen LogP contribution in [0.5, 0.6) is 0 Å². The fourth-order valence-electron chi connectivity index (χ4n) is 1.78. The van der Waals surface area contributed by atoms with E-state index in [1.54, 1.807) is 0 Å². The van der Waals surface area contributed by atoms with Gasteiger partial charge in [-0.25, -0.2) is 0 Å². The molecule has 0 aliphatic carbocycles. The Kier molecular flexibility index (Phi) is 3.41. The molecule has 0 spiro atoms. The largest absolute Gasteiger partial charge is 0.393 e. The van der Waals surface area contributed by atoms with Crippen LogP contribution in [0.15, 0.2) is 24.3 Å². The van der Waals surface area contributed by atoms with Crippen LogP contribution in [-0.4, -0.2) is 21.8 Å². The molecule has 16 heavy (non-hydrogen) atoms. The molecule has 0 fully saturated rings. The van der Waals surface area contributed by atoms with Gasteiger partial charge in [0.25, 0.3) is 0 Å². The van der Waals surface area contributed by atoms with Crippen molar-refractivity contribution in [1.29, 1.82) is 0 Å². The minimum Gasteiger partial charge on any atom is -0.393 e. The number of para-hydroxylation sites is 1. The summed E-state index contributed by atoms with van der Waals surface area (Å²) in [6.45, 7) is 1.57. The summed E-state index contributed by atoms with van der Waals surface area (Å²) < 4.78 is 0.960. The molecule has 0 bridgehead atoms. The van der Waals surface area contributed by atoms with Crippen molar-refractivity contribution in [2.24, 2.45) is 0 Å². The maximum atomic E-state index is 9.76. The van der Waals surface area contributed by atoms with Crippen LogP contribution in [-0.2, 0) is 0 Å². The zero-order chi connectivity index (χ0) is 11.7. The number of aromatic nitrogens is 1. The Labute approximate surface area is 107 Å². The van der Waals surface area contributed by atoms with Crippen molar-refractivity contribution in [2.75, 3.05) is 6.61 Å². The second-order valence-electron chi connectivity index (χ2n) is 3.64. The molecular formula is C12H12INO2. The standard InChI is InChI=1S/C12H12INO2/c1-7-11(10(16)6-15)12(13)8-4-2-3-5-9(8)14-7/h2-5,10,15-16H,6H2,1H3/t10-/m1/s1. The minimum atomic E-state index is -0.857. The monoisotopic (exact) mass is 329 g/mol. The highest BCUT2D eigenvalue weighted by Gasteiger charge is 2.16. The third-order valence-electron chi connectivity index (χ3n) is 2.56. The minimum absolute atomic E-state index is 0.281. The lowest BCUT2D eigenvalue weighted by molar-refractivity contribution is 0.0943. The van der Waals surface area contributed by atoms with E-state index in [1.807, 2.05) is 31.2 Å². The topological polar surface area (TPSA) is 53.4 Å². The van der Waals surface area contributed by atoms with Gasteiger partial charge in [0.2, 0.25) is 0 Å². The number of aryl methyl sites for hydroxylation is 1. The highest BCUT2D eigenvalue weighted by molar-refractivity contribution is 14.1. The first-order valence-electron chi connectivity index (χ1n) is 4.98. The van der Waals surface area contributed by atoms with Gasteiger partial charge in [-0.3, -0.25) is 4.98 Å². The van der Waals surface area contributed by atoms with Crippen molar-refractivity contribution < 1.29 is 10.2 Å². The van der Waals surface area contributed by atoms with E-state index in [-0.39, 0.29) is 6.61 Å². The Hall–Kier alpha value is -0.720. The molecule has 0 amide bonds. The zero-order valence-electron chi connectivity index (χ0n) is 8.81. The van der Waals surface area contributed by atoms with Crippen molar-refractivity contribution in [3.8, 4) is 0 Å². The number of nitrogens with zero attached hydrogens (tertiary/aromatic N) is 1. The molecule has 4 heteroatoms. The molecule has 1 aromatic heterocycles. The molecule has 2 N–H and O–H groups in total. The van der Waals surface area contributed by atoms with Gasteiger partial charge >= 0.3 is 0 Å². The average Bonchev–Trinajstić information content (AvgIpc) is 2.28. The molecule has 3 nitrogen and oxygen atoms in total. The summed E-state index contributed by atoms with van der Waals surface area (Å²) in [7, 11) is 0. The van der Waals surface area contributed by atoms with Gasteiger partial charge < -0.3 is 10.2 Å². The number of benzene rings is 1. The van der Waals surface area contributed by atoms with E-state index >= 15 is 0 Å².